The molecule has 2 rings (SSSR count). The van der Waals surface area contributed by atoms with E-state index in [1.807, 2.05) is 0 Å². The lowest BCUT2D eigenvalue weighted by atomic mass is 10.4. The van der Waals surface area contributed by atoms with E-state index in [4.69, 9.17) is 9.63 Å². The zero-order valence-electron chi connectivity index (χ0n) is 11.2. The summed E-state index contributed by atoms with van der Waals surface area (Å²) >= 11 is 0. The van der Waals surface area contributed by atoms with Crippen molar-refractivity contribution in [3.05, 3.63) is 29.4 Å². The van der Waals surface area contributed by atoms with E-state index in [0.29, 0.717) is 11.5 Å². The number of hydrogen-bond donors (Lipinski definition) is 3. The molecule has 0 unspecified atom stereocenters. The first-order valence-corrected chi connectivity index (χ1v) is 6.07. The third kappa shape index (κ3) is 4.60. The fourth-order valence-electron chi connectivity index (χ4n) is 1.54. The van der Waals surface area contributed by atoms with Gasteiger partial charge in [-0.3, -0.25) is 4.79 Å². The third-order valence-electron chi connectivity index (χ3n) is 2.41. The topological polar surface area (TPSA) is 135 Å². The van der Waals surface area contributed by atoms with Crippen molar-refractivity contribution in [3.8, 4) is 0 Å². The standard InChI is InChI=1S/C11H14N6O4/c1-7-2-9(21-15-7)4-13-11(20)12-3-8-5-17(16-14-8)6-10(18)19/h2,5H,3-4,6H2,1H3,(H,18,19)(H2,12,13,20). The number of carbonyl (C=O) groups is 2. The molecule has 0 aliphatic heterocycles. The number of aliphatic carboxylic acids is 1. The Bertz CT molecular complexity index is 634. The molecule has 10 heteroatoms. The van der Waals surface area contributed by atoms with Gasteiger partial charge >= 0.3 is 12.0 Å². The Morgan fingerprint density at radius 2 is 2.14 bits per heavy atom. The Labute approximate surface area is 119 Å². The predicted octanol–water partition coefficient (Wildman–Crippen LogP) is -0.341. The molecule has 2 aromatic rings. The van der Waals surface area contributed by atoms with Gasteiger partial charge < -0.3 is 20.3 Å². The molecule has 0 bridgehead atoms. The van der Waals surface area contributed by atoms with E-state index in [0.717, 1.165) is 5.69 Å². The number of aromatic nitrogens is 4. The van der Waals surface area contributed by atoms with E-state index in [9.17, 15) is 9.59 Å². The van der Waals surface area contributed by atoms with Crippen molar-refractivity contribution < 1.29 is 19.2 Å². The monoisotopic (exact) mass is 294 g/mol. The van der Waals surface area contributed by atoms with Crippen LogP contribution < -0.4 is 10.6 Å². The SMILES string of the molecule is Cc1cc(CNC(=O)NCc2cn(CC(=O)O)nn2)on1. The van der Waals surface area contributed by atoms with Crippen LogP contribution in [0.25, 0.3) is 0 Å². The molecule has 21 heavy (non-hydrogen) atoms. The Balaban J connectivity index is 1.73. The van der Waals surface area contributed by atoms with Crippen molar-refractivity contribution in [2.24, 2.45) is 0 Å². The smallest absolute Gasteiger partial charge is 0.325 e. The van der Waals surface area contributed by atoms with Gasteiger partial charge in [0.05, 0.1) is 25.0 Å². The number of amides is 2. The summed E-state index contributed by atoms with van der Waals surface area (Å²) in [6.45, 7) is 1.87. The van der Waals surface area contributed by atoms with E-state index in [2.05, 4.69) is 26.1 Å². The number of rotatable bonds is 6. The molecule has 112 valence electrons. The van der Waals surface area contributed by atoms with Gasteiger partial charge in [0, 0.05) is 6.07 Å². The van der Waals surface area contributed by atoms with Crippen LogP contribution in [0, 0.1) is 6.92 Å². The summed E-state index contributed by atoms with van der Waals surface area (Å²) in [6, 6.07) is 1.31. The van der Waals surface area contributed by atoms with Gasteiger partial charge in [0.15, 0.2) is 5.76 Å². The van der Waals surface area contributed by atoms with Crippen LogP contribution in [0.2, 0.25) is 0 Å². The quantitative estimate of drug-likeness (QED) is 0.663. The fourth-order valence-corrected chi connectivity index (χ4v) is 1.54. The Kier molecular flexibility index (Phi) is 4.49. The summed E-state index contributed by atoms with van der Waals surface area (Å²) < 4.78 is 6.12. The minimum atomic E-state index is -1.01. The molecule has 0 aliphatic rings. The van der Waals surface area contributed by atoms with E-state index in [1.165, 1.54) is 10.9 Å². The second kappa shape index (κ2) is 6.50. The van der Waals surface area contributed by atoms with E-state index in [1.54, 1.807) is 13.0 Å². The number of nitrogens with one attached hydrogen (secondary N) is 2. The molecule has 0 saturated heterocycles. The van der Waals surface area contributed by atoms with Crippen LogP contribution in [-0.2, 0) is 24.4 Å². The minimum absolute atomic E-state index is 0.140. The first-order valence-electron chi connectivity index (χ1n) is 6.07. The highest BCUT2D eigenvalue weighted by Crippen LogP contribution is 2.00. The summed E-state index contributed by atoms with van der Waals surface area (Å²) in [5.74, 6) is -0.463. The Morgan fingerprint density at radius 3 is 2.81 bits per heavy atom. The molecule has 0 saturated carbocycles. The molecule has 0 spiro atoms. The van der Waals surface area contributed by atoms with Gasteiger partial charge in [-0.25, -0.2) is 9.48 Å². The van der Waals surface area contributed by atoms with Gasteiger partial charge in [0.2, 0.25) is 0 Å². The zero-order chi connectivity index (χ0) is 15.2. The lowest BCUT2D eigenvalue weighted by molar-refractivity contribution is -0.137. The Morgan fingerprint density at radius 1 is 1.38 bits per heavy atom. The van der Waals surface area contributed by atoms with Gasteiger partial charge in [-0.05, 0) is 6.92 Å². The predicted molar refractivity (Wildman–Crippen MR) is 68.0 cm³/mol. The first kappa shape index (κ1) is 14.5. The normalized spacial score (nSPS) is 10.3. The van der Waals surface area contributed by atoms with Gasteiger partial charge in [0.1, 0.15) is 12.2 Å². The molecule has 0 atom stereocenters. The minimum Gasteiger partial charge on any atom is -0.480 e. The molecule has 2 heterocycles. The van der Waals surface area contributed by atoms with E-state index >= 15 is 0 Å². The lowest BCUT2D eigenvalue weighted by Crippen LogP contribution is -2.34. The van der Waals surface area contributed by atoms with Crippen LogP contribution >= 0.6 is 0 Å². The van der Waals surface area contributed by atoms with Crippen LogP contribution in [0.5, 0.6) is 0 Å². The summed E-state index contributed by atoms with van der Waals surface area (Å²) in [4.78, 5) is 22.0. The van der Waals surface area contributed by atoms with Crippen molar-refractivity contribution in [2.45, 2.75) is 26.6 Å². The number of carboxylic acids is 1. The van der Waals surface area contributed by atoms with Crippen molar-refractivity contribution in [2.75, 3.05) is 0 Å². The molecular weight excluding hydrogens is 280 g/mol. The van der Waals surface area contributed by atoms with Crippen LogP contribution in [-0.4, -0.2) is 37.3 Å². The van der Waals surface area contributed by atoms with E-state index < -0.39 is 12.0 Å². The zero-order valence-corrected chi connectivity index (χ0v) is 11.2. The highest BCUT2D eigenvalue weighted by molar-refractivity contribution is 5.73. The van der Waals surface area contributed by atoms with Crippen LogP contribution in [0.3, 0.4) is 0 Å². The molecule has 10 nitrogen and oxygen atoms in total. The summed E-state index contributed by atoms with van der Waals surface area (Å²) in [5, 5.41) is 24.8. The fraction of sp³-hybridized carbons (Fsp3) is 0.364. The molecular formula is C11H14N6O4. The number of carboxylic acid groups (broad SMARTS) is 1. The molecule has 0 aliphatic carbocycles. The molecule has 0 fully saturated rings. The number of aryl methyl sites for hydroxylation is 1. The van der Waals surface area contributed by atoms with Crippen molar-refractivity contribution >= 4 is 12.0 Å². The number of hydrogen-bond acceptors (Lipinski definition) is 6. The van der Waals surface area contributed by atoms with Crippen molar-refractivity contribution in [1.29, 1.82) is 0 Å². The Hall–Kier alpha value is -2.91. The van der Waals surface area contributed by atoms with Crippen LogP contribution in [0.15, 0.2) is 16.8 Å². The van der Waals surface area contributed by atoms with Gasteiger partial charge in [-0.1, -0.05) is 10.4 Å². The maximum atomic E-state index is 11.5. The highest BCUT2D eigenvalue weighted by atomic mass is 16.5. The van der Waals surface area contributed by atoms with E-state index in [-0.39, 0.29) is 19.6 Å². The number of nitrogens with zero attached hydrogens (tertiary/aromatic N) is 4. The van der Waals surface area contributed by atoms with Gasteiger partial charge in [-0.15, -0.1) is 5.10 Å². The van der Waals surface area contributed by atoms with Crippen LogP contribution in [0.4, 0.5) is 4.79 Å². The molecule has 0 aromatic carbocycles. The lowest BCUT2D eigenvalue weighted by Gasteiger charge is -2.03. The van der Waals surface area contributed by atoms with Crippen molar-refractivity contribution in [1.82, 2.24) is 30.8 Å². The maximum Gasteiger partial charge on any atom is 0.325 e. The average molecular weight is 294 g/mol. The van der Waals surface area contributed by atoms with Gasteiger partial charge in [-0.2, -0.15) is 0 Å². The molecule has 2 amide bonds. The second-order valence-corrected chi connectivity index (χ2v) is 4.27. The molecule has 3 N–H and O–H groups in total. The molecule has 2 aromatic heterocycles. The molecule has 0 radical (unpaired) electrons. The first-order chi connectivity index (χ1) is 10.0. The summed E-state index contributed by atoms with van der Waals surface area (Å²) in [5.41, 5.74) is 1.20. The third-order valence-corrected chi connectivity index (χ3v) is 2.41. The van der Waals surface area contributed by atoms with Gasteiger partial charge in [0.25, 0.3) is 0 Å². The number of carbonyl (C=O) groups excluding carboxylic acids is 1. The highest BCUT2D eigenvalue weighted by Gasteiger charge is 2.07. The largest absolute Gasteiger partial charge is 0.480 e. The average Bonchev–Trinajstić information content (AvgIpc) is 3.02. The summed E-state index contributed by atoms with van der Waals surface area (Å²) in [7, 11) is 0. The number of urea groups is 1. The second-order valence-electron chi connectivity index (χ2n) is 4.27. The van der Waals surface area contributed by atoms with Crippen molar-refractivity contribution in [3.63, 3.8) is 0 Å². The summed E-state index contributed by atoms with van der Waals surface area (Å²) in [6.07, 6.45) is 1.45. The van der Waals surface area contributed by atoms with Crippen LogP contribution in [0.1, 0.15) is 17.1 Å². The maximum absolute atomic E-state index is 11.5.